The molecule has 1 aliphatic heterocycles. The molecule has 28 heavy (non-hydrogen) atoms. The van der Waals surface area contributed by atoms with Crippen LogP contribution in [0, 0.1) is 5.92 Å². The average molecular weight is 383 g/mol. The summed E-state index contributed by atoms with van der Waals surface area (Å²) in [5.41, 5.74) is 5.46. The van der Waals surface area contributed by atoms with E-state index in [1.165, 1.54) is 6.20 Å². The predicted molar refractivity (Wildman–Crippen MR) is 104 cm³/mol. The van der Waals surface area contributed by atoms with Crippen molar-refractivity contribution in [1.29, 1.82) is 0 Å². The van der Waals surface area contributed by atoms with Gasteiger partial charge in [0.2, 0.25) is 5.91 Å². The Kier molecular flexibility index (Phi) is 5.23. The molecule has 0 atom stereocenters. The highest BCUT2D eigenvalue weighted by Crippen LogP contribution is 2.29. The summed E-state index contributed by atoms with van der Waals surface area (Å²) in [6, 6.07) is 2.07. The molecular formula is C19H25N7O2. The van der Waals surface area contributed by atoms with Crippen molar-refractivity contribution in [2.24, 2.45) is 11.7 Å². The fourth-order valence-corrected chi connectivity index (χ4v) is 4.09. The highest BCUT2D eigenvalue weighted by atomic mass is 16.2. The number of hydrogen-bond acceptors (Lipinski definition) is 6. The summed E-state index contributed by atoms with van der Waals surface area (Å²) in [6.45, 7) is 1.52. The number of aromatic nitrogens is 4. The number of hydrogen-bond donors (Lipinski definition) is 2. The van der Waals surface area contributed by atoms with Gasteiger partial charge in [-0.3, -0.25) is 14.6 Å². The molecule has 3 N–H and O–H groups in total. The molecule has 0 radical (unpaired) electrons. The van der Waals surface area contributed by atoms with Gasteiger partial charge in [0.25, 0.3) is 5.91 Å². The second kappa shape index (κ2) is 7.95. The van der Waals surface area contributed by atoms with Crippen LogP contribution >= 0.6 is 0 Å². The Morgan fingerprint density at radius 2 is 1.86 bits per heavy atom. The van der Waals surface area contributed by atoms with Crippen molar-refractivity contribution in [2.45, 2.75) is 44.6 Å². The van der Waals surface area contributed by atoms with Gasteiger partial charge in [-0.2, -0.15) is 5.10 Å². The van der Waals surface area contributed by atoms with Gasteiger partial charge in [0.1, 0.15) is 17.3 Å². The first-order valence-electron chi connectivity index (χ1n) is 9.83. The molecule has 2 aliphatic rings. The molecule has 148 valence electrons. The predicted octanol–water partition coefficient (Wildman–Crippen LogP) is 1.74. The molecule has 0 bridgehead atoms. The fraction of sp³-hybridized carbons (Fsp3) is 0.526. The van der Waals surface area contributed by atoms with Crippen molar-refractivity contribution < 1.29 is 9.59 Å². The first-order valence-corrected chi connectivity index (χ1v) is 9.83. The van der Waals surface area contributed by atoms with Crippen LogP contribution in [-0.2, 0) is 4.79 Å². The number of carbonyl (C=O) groups excluding carboxylic acids is 2. The number of piperidine rings is 1. The van der Waals surface area contributed by atoms with Crippen LogP contribution in [0.2, 0.25) is 0 Å². The smallest absolute Gasteiger partial charge is 0.268 e. The maximum absolute atomic E-state index is 12.5. The molecule has 1 saturated heterocycles. The van der Waals surface area contributed by atoms with Crippen molar-refractivity contribution in [2.75, 3.05) is 23.3 Å². The Balaban J connectivity index is 1.39. The van der Waals surface area contributed by atoms with Crippen molar-refractivity contribution in [1.82, 2.24) is 19.7 Å². The Morgan fingerprint density at radius 3 is 2.57 bits per heavy atom. The van der Waals surface area contributed by atoms with Crippen molar-refractivity contribution in [3.05, 3.63) is 30.4 Å². The van der Waals surface area contributed by atoms with E-state index in [2.05, 4.69) is 25.3 Å². The third-order valence-electron chi connectivity index (χ3n) is 5.66. The SMILES string of the molecule is NC(=O)c1cncc(N2CCC(n3nccc3NC(=O)C3CCCC3)CC2)n1. The maximum atomic E-state index is 12.5. The Morgan fingerprint density at radius 1 is 1.11 bits per heavy atom. The van der Waals surface area contributed by atoms with E-state index in [1.807, 2.05) is 10.7 Å². The minimum absolute atomic E-state index is 0.107. The zero-order valence-electron chi connectivity index (χ0n) is 15.8. The topological polar surface area (TPSA) is 119 Å². The number of nitrogens with one attached hydrogen (secondary N) is 1. The highest BCUT2D eigenvalue weighted by Gasteiger charge is 2.27. The number of nitrogens with two attached hydrogens (primary N) is 1. The van der Waals surface area contributed by atoms with Gasteiger partial charge >= 0.3 is 0 Å². The lowest BCUT2D eigenvalue weighted by molar-refractivity contribution is -0.119. The summed E-state index contributed by atoms with van der Waals surface area (Å²) in [5, 5.41) is 7.52. The number of rotatable bonds is 5. The Hall–Kier alpha value is -2.97. The van der Waals surface area contributed by atoms with Gasteiger partial charge in [0.05, 0.1) is 24.6 Å². The average Bonchev–Trinajstić information content (AvgIpc) is 3.40. The minimum atomic E-state index is -0.580. The number of amides is 2. The number of anilines is 2. The molecule has 1 saturated carbocycles. The van der Waals surface area contributed by atoms with Gasteiger partial charge < -0.3 is 16.0 Å². The lowest BCUT2D eigenvalue weighted by atomic mass is 10.1. The van der Waals surface area contributed by atoms with E-state index >= 15 is 0 Å². The molecule has 3 heterocycles. The van der Waals surface area contributed by atoms with E-state index in [1.54, 1.807) is 12.4 Å². The largest absolute Gasteiger partial charge is 0.364 e. The highest BCUT2D eigenvalue weighted by molar-refractivity contribution is 5.92. The molecule has 9 heteroatoms. The summed E-state index contributed by atoms with van der Waals surface area (Å²) < 4.78 is 1.93. The molecule has 1 aliphatic carbocycles. The molecular weight excluding hydrogens is 358 g/mol. The maximum Gasteiger partial charge on any atom is 0.268 e. The first kappa shape index (κ1) is 18.4. The van der Waals surface area contributed by atoms with E-state index in [0.717, 1.165) is 57.4 Å². The molecule has 9 nitrogen and oxygen atoms in total. The quantitative estimate of drug-likeness (QED) is 0.812. The molecule has 0 spiro atoms. The summed E-state index contributed by atoms with van der Waals surface area (Å²) in [6.07, 6.45) is 10.7. The molecule has 2 aromatic heterocycles. The van der Waals surface area contributed by atoms with Crippen molar-refractivity contribution >= 4 is 23.5 Å². The number of nitrogens with zero attached hydrogens (tertiary/aromatic N) is 5. The fourth-order valence-electron chi connectivity index (χ4n) is 4.09. The first-order chi connectivity index (χ1) is 13.6. The summed E-state index contributed by atoms with van der Waals surface area (Å²) >= 11 is 0. The van der Waals surface area contributed by atoms with Crippen LogP contribution in [0.4, 0.5) is 11.6 Å². The lowest BCUT2D eigenvalue weighted by Crippen LogP contribution is -2.36. The molecule has 2 aromatic rings. The van der Waals surface area contributed by atoms with E-state index in [-0.39, 0.29) is 23.6 Å². The van der Waals surface area contributed by atoms with E-state index < -0.39 is 5.91 Å². The lowest BCUT2D eigenvalue weighted by Gasteiger charge is -2.33. The number of primary amides is 1. The van der Waals surface area contributed by atoms with E-state index in [4.69, 9.17) is 5.73 Å². The Bertz CT molecular complexity index is 851. The van der Waals surface area contributed by atoms with E-state index in [0.29, 0.717) is 5.82 Å². The zero-order chi connectivity index (χ0) is 19.5. The molecule has 0 unspecified atom stereocenters. The molecule has 2 amide bonds. The van der Waals surface area contributed by atoms with Gasteiger partial charge in [-0.1, -0.05) is 12.8 Å². The standard InChI is InChI=1S/C19H25N7O2/c20-18(27)15-11-21-12-17(23-15)25-9-6-14(7-10-25)26-16(5-8-22-26)24-19(28)13-3-1-2-4-13/h5,8,11-14H,1-4,6-7,9-10H2,(H2,20,27)(H,24,28). The monoisotopic (exact) mass is 383 g/mol. The zero-order valence-corrected chi connectivity index (χ0v) is 15.8. The van der Waals surface area contributed by atoms with Gasteiger partial charge in [0, 0.05) is 25.1 Å². The van der Waals surface area contributed by atoms with Crippen LogP contribution < -0.4 is 16.0 Å². The summed E-state index contributed by atoms with van der Waals surface area (Å²) in [4.78, 5) is 34.2. The van der Waals surface area contributed by atoms with Crippen LogP contribution in [0.15, 0.2) is 24.7 Å². The van der Waals surface area contributed by atoms with Crippen LogP contribution in [-0.4, -0.2) is 44.7 Å². The minimum Gasteiger partial charge on any atom is -0.364 e. The summed E-state index contributed by atoms with van der Waals surface area (Å²) in [5.74, 6) is 1.08. The third kappa shape index (κ3) is 3.83. The van der Waals surface area contributed by atoms with Crippen LogP contribution in [0.5, 0.6) is 0 Å². The third-order valence-corrected chi connectivity index (χ3v) is 5.66. The number of carbonyl (C=O) groups is 2. The molecule has 0 aromatic carbocycles. The van der Waals surface area contributed by atoms with Gasteiger partial charge in [0.15, 0.2) is 0 Å². The van der Waals surface area contributed by atoms with Crippen LogP contribution in [0.3, 0.4) is 0 Å². The van der Waals surface area contributed by atoms with Crippen molar-refractivity contribution in [3.8, 4) is 0 Å². The van der Waals surface area contributed by atoms with Crippen LogP contribution in [0.1, 0.15) is 55.1 Å². The second-order valence-corrected chi connectivity index (χ2v) is 7.48. The van der Waals surface area contributed by atoms with Gasteiger partial charge in [-0.25, -0.2) is 9.67 Å². The second-order valence-electron chi connectivity index (χ2n) is 7.48. The van der Waals surface area contributed by atoms with Gasteiger partial charge in [-0.15, -0.1) is 0 Å². The molecule has 4 rings (SSSR count). The van der Waals surface area contributed by atoms with E-state index in [9.17, 15) is 9.59 Å². The normalized spacial score (nSPS) is 18.4. The van der Waals surface area contributed by atoms with Crippen molar-refractivity contribution in [3.63, 3.8) is 0 Å². The van der Waals surface area contributed by atoms with Gasteiger partial charge in [-0.05, 0) is 25.7 Å². The van der Waals surface area contributed by atoms with Crippen LogP contribution in [0.25, 0.3) is 0 Å². The summed E-state index contributed by atoms with van der Waals surface area (Å²) in [7, 11) is 0. The Labute approximate surface area is 163 Å². The molecule has 2 fully saturated rings.